The molecule has 2 aromatic carbocycles. The highest BCUT2D eigenvalue weighted by Crippen LogP contribution is 2.32. The fraction of sp³-hybridized carbons (Fsp3) is 0.333. The highest BCUT2D eigenvalue weighted by molar-refractivity contribution is 7.93. The van der Waals surface area contributed by atoms with Crippen molar-refractivity contribution in [1.82, 2.24) is 9.88 Å². The molecule has 33 heavy (non-hydrogen) atoms. The summed E-state index contributed by atoms with van der Waals surface area (Å²) < 4.78 is 27.6. The van der Waals surface area contributed by atoms with E-state index in [0.29, 0.717) is 17.6 Å². The largest absolute Gasteiger partial charge is 0.311 e. The summed E-state index contributed by atoms with van der Waals surface area (Å²) in [4.78, 5) is 21.4. The Morgan fingerprint density at radius 1 is 0.939 bits per heavy atom. The fourth-order valence-corrected chi connectivity index (χ4v) is 6.57. The van der Waals surface area contributed by atoms with E-state index in [2.05, 4.69) is 38.9 Å². The van der Waals surface area contributed by atoms with Gasteiger partial charge in [0.15, 0.2) is 5.13 Å². The van der Waals surface area contributed by atoms with E-state index in [1.54, 1.807) is 28.6 Å². The minimum absolute atomic E-state index is 0.100. The van der Waals surface area contributed by atoms with Gasteiger partial charge in [-0.3, -0.25) is 14.4 Å². The molecule has 1 atom stereocenters. The maximum atomic E-state index is 13.2. The van der Waals surface area contributed by atoms with Crippen LogP contribution in [0.1, 0.15) is 30.7 Å². The molecule has 0 unspecified atom stereocenters. The Labute approximate surface area is 198 Å². The Bertz CT molecular complexity index is 1190. The maximum Gasteiger partial charge on any atom is 0.263 e. The van der Waals surface area contributed by atoms with Crippen molar-refractivity contribution in [2.24, 2.45) is 0 Å². The van der Waals surface area contributed by atoms with Gasteiger partial charge in [-0.15, -0.1) is 11.3 Å². The molecule has 172 valence electrons. The molecule has 3 heterocycles. The standard InChI is InChI=1S/C24H26N4O3S2/c29-23-22(27-14-10-19(11-15-27)18-4-2-1-3-5-18)12-16-28(23)20-6-8-21(9-7-20)33(30,31)26-24-25-13-17-32-24/h1-9,13,17,19,22H,10-12,14-16H2,(H,25,26)/t22-/m0/s1. The lowest BCUT2D eigenvalue weighted by Gasteiger charge is -2.35. The van der Waals surface area contributed by atoms with E-state index in [-0.39, 0.29) is 16.8 Å². The van der Waals surface area contributed by atoms with Crippen molar-refractivity contribution in [3.8, 4) is 0 Å². The number of hydrogen-bond donors (Lipinski definition) is 1. The molecule has 2 fully saturated rings. The average molecular weight is 483 g/mol. The lowest BCUT2D eigenvalue weighted by atomic mass is 9.89. The molecule has 2 aliphatic rings. The van der Waals surface area contributed by atoms with Crippen molar-refractivity contribution >= 4 is 38.1 Å². The van der Waals surface area contributed by atoms with Crippen molar-refractivity contribution < 1.29 is 13.2 Å². The second-order valence-electron chi connectivity index (χ2n) is 8.45. The van der Waals surface area contributed by atoms with Crippen molar-refractivity contribution in [2.45, 2.75) is 36.1 Å². The number of nitrogens with one attached hydrogen (secondary N) is 1. The van der Waals surface area contributed by atoms with Crippen LogP contribution in [0.15, 0.2) is 71.1 Å². The number of sulfonamides is 1. The summed E-state index contributed by atoms with van der Waals surface area (Å²) in [6.07, 6.45) is 4.46. The van der Waals surface area contributed by atoms with E-state index in [9.17, 15) is 13.2 Å². The Morgan fingerprint density at radius 3 is 2.33 bits per heavy atom. The molecule has 0 radical (unpaired) electrons. The summed E-state index contributed by atoms with van der Waals surface area (Å²) in [6, 6.07) is 17.0. The first-order chi connectivity index (χ1) is 16.0. The van der Waals surface area contributed by atoms with Crippen LogP contribution in [-0.4, -0.2) is 49.9 Å². The fourth-order valence-electron chi connectivity index (χ4n) is 4.78. The number of aromatic nitrogens is 1. The normalized spacial score (nSPS) is 20.3. The van der Waals surface area contributed by atoms with Crippen LogP contribution in [0.5, 0.6) is 0 Å². The van der Waals surface area contributed by atoms with Gasteiger partial charge in [-0.1, -0.05) is 30.3 Å². The van der Waals surface area contributed by atoms with Crippen molar-refractivity contribution in [1.29, 1.82) is 0 Å². The zero-order valence-electron chi connectivity index (χ0n) is 18.1. The smallest absolute Gasteiger partial charge is 0.263 e. The van der Waals surface area contributed by atoms with E-state index in [0.717, 1.165) is 38.0 Å². The second-order valence-corrected chi connectivity index (χ2v) is 11.0. The quantitative estimate of drug-likeness (QED) is 0.576. The molecule has 0 spiro atoms. The zero-order chi connectivity index (χ0) is 22.8. The third-order valence-corrected chi connectivity index (χ3v) is 8.70. The van der Waals surface area contributed by atoms with Gasteiger partial charge in [0.2, 0.25) is 5.91 Å². The molecule has 0 aliphatic carbocycles. The Kier molecular flexibility index (Phi) is 6.18. The molecule has 3 aromatic rings. The summed E-state index contributed by atoms with van der Waals surface area (Å²) in [5, 5.41) is 2.04. The predicted molar refractivity (Wildman–Crippen MR) is 130 cm³/mol. The first-order valence-corrected chi connectivity index (χ1v) is 13.5. The predicted octanol–water partition coefficient (Wildman–Crippen LogP) is 3.93. The number of benzene rings is 2. The number of piperidine rings is 1. The summed E-state index contributed by atoms with van der Waals surface area (Å²) in [6.45, 7) is 2.48. The molecule has 2 aliphatic heterocycles. The van der Waals surface area contributed by atoms with Crippen LogP contribution >= 0.6 is 11.3 Å². The SMILES string of the molecule is O=C1[C@@H](N2CCC(c3ccccc3)CC2)CCN1c1ccc(S(=O)(=O)Nc2nccs2)cc1. The molecule has 1 amide bonds. The summed E-state index contributed by atoms with van der Waals surface area (Å²) in [5.41, 5.74) is 2.12. The molecule has 0 bridgehead atoms. The number of carbonyl (C=O) groups excluding carboxylic acids is 1. The highest BCUT2D eigenvalue weighted by Gasteiger charge is 2.38. The molecule has 0 saturated carbocycles. The van der Waals surface area contributed by atoms with Crippen molar-refractivity contribution in [3.05, 3.63) is 71.7 Å². The van der Waals surface area contributed by atoms with Gasteiger partial charge in [0.05, 0.1) is 10.9 Å². The Morgan fingerprint density at radius 2 is 1.67 bits per heavy atom. The molecular weight excluding hydrogens is 456 g/mol. The van der Waals surface area contributed by atoms with E-state index in [4.69, 9.17) is 0 Å². The van der Waals surface area contributed by atoms with Crippen LogP contribution in [0, 0.1) is 0 Å². The van der Waals surface area contributed by atoms with Crippen LogP contribution in [-0.2, 0) is 14.8 Å². The number of nitrogens with zero attached hydrogens (tertiary/aromatic N) is 3. The third kappa shape index (κ3) is 4.66. The van der Waals surface area contributed by atoms with Crippen molar-refractivity contribution in [3.63, 3.8) is 0 Å². The van der Waals surface area contributed by atoms with Gasteiger partial charge >= 0.3 is 0 Å². The topological polar surface area (TPSA) is 82.6 Å². The number of thiazole rings is 1. The third-order valence-electron chi connectivity index (χ3n) is 6.53. The minimum atomic E-state index is -3.71. The van der Waals surface area contributed by atoms with Gasteiger partial charge in [-0.25, -0.2) is 13.4 Å². The Hall–Kier alpha value is -2.75. The van der Waals surface area contributed by atoms with Crippen LogP contribution in [0.2, 0.25) is 0 Å². The molecule has 7 nitrogen and oxygen atoms in total. The molecular formula is C24H26N4O3S2. The van der Waals surface area contributed by atoms with Gasteiger partial charge in [0.25, 0.3) is 10.0 Å². The number of anilines is 2. The first kappa shape index (κ1) is 22.1. The van der Waals surface area contributed by atoms with Crippen LogP contribution in [0.25, 0.3) is 0 Å². The zero-order valence-corrected chi connectivity index (χ0v) is 19.8. The monoisotopic (exact) mass is 482 g/mol. The lowest BCUT2D eigenvalue weighted by molar-refractivity contribution is -0.122. The second kappa shape index (κ2) is 9.24. The molecule has 1 N–H and O–H groups in total. The summed E-state index contributed by atoms with van der Waals surface area (Å²) >= 11 is 1.22. The summed E-state index contributed by atoms with van der Waals surface area (Å²) in [7, 11) is -3.71. The number of rotatable bonds is 6. The number of hydrogen-bond acceptors (Lipinski definition) is 6. The van der Waals surface area contributed by atoms with Gasteiger partial charge in [0, 0.05) is 23.8 Å². The number of carbonyl (C=O) groups is 1. The molecule has 1 aromatic heterocycles. The number of amides is 1. The molecule has 9 heteroatoms. The average Bonchev–Trinajstić information content (AvgIpc) is 3.49. The van der Waals surface area contributed by atoms with Crippen LogP contribution < -0.4 is 9.62 Å². The van der Waals surface area contributed by atoms with Crippen LogP contribution in [0.3, 0.4) is 0 Å². The van der Waals surface area contributed by atoms with E-state index < -0.39 is 10.0 Å². The van der Waals surface area contributed by atoms with Gasteiger partial charge in [-0.2, -0.15) is 0 Å². The van der Waals surface area contributed by atoms with Crippen LogP contribution in [0.4, 0.5) is 10.8 Å². The minimum Gasteiger partial charge on any atom is -0.311 e. The first-order valence-electron chi connectivity index (χ1n) is 11.1. The van der Waals surface area contributed by atoms with Gasteiger partial charge in [0.1, 0.15) is 0 Å². The highest BCUT2D eigenvalue weighted by atomic mass is 32.2. The van der Waals surface area contributed by atoms with Gasteiger partial charge < -0.3 is 4.90 Å². The van der Waals surface area contributed by atoms with Gasteiger partial charge in [-0.05, 0) is 68.1 Å². The van der Waals surface area contributed by atoms with Crippen molar-refractivity contribution in [2.75, 3.05) is 29.3 Å². The summed E-state index contributed by atoms with van der Waals surface area (Å²) in [5.74, 6) is 0.659. The Balaban J connectivity index is 1.22. The van der Waals surface area contributed by atoms with E-state index in [1.165, 1.54) is 29.0 Å². The van der Waals surface area contributed by atoms with E-state index >= 15 is 0 Å². The maximum absolute atomic E-state index is 13.2. The lowest BCUT2D eigenvalue weighted by Crippen LogP contribution is -2.45. The molecule has 5 rings (SSSR count). The molecule has 2 saturated heterocycles. The van der Waals surface area contributed by atoms with E-state index in [1.807, 2.05) is 6.07 Å². The number of likely N-dealkylation sites (tertiary alicyclic amines) is 1.